The number of methoxy groups -OCH3 is 1. The van der Waals surface area contributed by atoms with Crippen LogP contribution in [0.5, 0.6) is 5.75 Å². The molecule has 0 fully saturated rings. The summed E-state index contributed by atoms with van der Waals surface area (Å²) in [4.78, 5) is 4.39. The van der Waals surface area contributed by atoms with E-state index >= 15 is 0 Å². The highest BCUT2D eigenvalue weighted by molar-refractivity contribution is 5.46. The molecular formula is C17H22N2O. The van der Waals surface area contributed by atoms with Gasteiger partial charge in [-0.1, -0.05) is 12.1 Å². The van der Waals surface area contributed by atoms with Gasteiger partial charge in [-0.15, -0.1) is 0 Å². The number of pyridine rings is 1. The van der Waals surface area contributed by atoms with Crippen LogP contribution in [0.1, 0.15) is 34.0 Å². The molecule has 1 aromatic heterocycles. The number of aryl methyl sites for hydroxylation is 3. The van der Waals surface area contributed by atoms with Crippen molar-refractivity contribution in [2.45, 2.75) is 26.8 Å². The van der Waals surface area contributed by atoms with E-state index in [4.69, 9.17) is 4.74 Å². The molecule has 0 bridgehead atoms. The number of ether oxygens (including phenoxy) is 1. The predicted octanol–water partition coefficient (Wildman–Crippen LogP) is 3.32. The number of aromatic nitrogens is 1. The molecule has 1 N–H and O–H groups in total. The highest BCUT2D eigenvalue weighted by Gasteiger charge is 2.18. The second-order valence-electron chi connectivity index (χ2n) is 5.08. The van der Waals surface area contributed by atoms with E-state index in [2.05, 4.69) is 42.3 Å². The number of nitrogens with one attached hydrogen (secondary N) is 1. The Morgan fingerprint density at radius 2 is 1.85 bits per heavy atom. The largest absolute Gasteiger partial charge is 0.496 e. The molecule has 3 heteroatoms. The van der Waals surface area contributed by atoms with Crippen molar-refractivity contribution in [2.24, 2.45) is 0 Å². The van der Waals surface area contributed by atoms with Crippen molar-refractivity contribution >= 4 is 0 Å². The Hall–Kier alpha value is -1.87. The molecule has 3 nitrogen and oxygen atoms in total. The predicted molar refractivity (Wildman–Crippen MR) is 82.3 cm³/mol. The van der Waals surface area contributed by atoms with E-state index in [9.17, 15) is 0 Å². The van der Waals surface area contributed by atoms with Crippen molar-refractivity contribution < 1.29 is 4.74 Å². The molecule has 0 saturated carbocycles. The Morgan fingerprint density at radius 1 is 1.10 bits per heavy atom. The summed E-state index contributed by atoms with van der Waals surface area (Å²) in [5, 5.41) is 3.40. The van der Waals surface area contributed by atoms with E-state index in [1.807, 2.05) is 26.2 Å². The van der Waals surface area contributed by atoms with E-state index in [0.29, 0.717) is 0 Å². The first-order chi connectivity index (χ1) is 9.58. The molecule has 0 saturated heterocycles. The van der Waals surface area contributed by atoms with Gasteiger partial charge in [0.25, 0.3) is 0 Å². The summed E-state index contributed by atoms with van der Waals surface area (Å²) in [6.45, 7) is 6.24. The summed E-state index contributed by atoms with van der Waals surface area (Å²) in [6.07, 6.45) is 1.83. The van der Waals surface area contributed by atoms with Crippen molar-refractivity contribution in [3.63, 3.8) is 0 Å². The molecular weight excluding hydrogens is 248 g/mol. The highest BCUT2D eigenvalue weighted by atomic mass is 16.5. The summed E-state index contributed by atoms with van der Waals surface area (Å²) in [5.41, 5.74) is 5.90. The van der Waals surface area contributed by atoms with Crippen LogP contribution < -0.4 is 10.1 Å². The summed E-state index contributed by atoms with van der Waals surface area (Å²) in [6, 6.07) is 8.55. The third kappa shape index (κ3) is 2.68. The minimum absolute atomic E-state index is 0.147. The third-order valence-electron chi connectivity index (χ3n) is 3.74. The molecule has 1 unspecified atom stereocenters. The minimum atomic E-state index is 0.147. The van der Waals surface area contributed by atoms with Gasteiger partial charge in [-0.2, -0.15) is 0 Å². The normalized spacial score (nSPS) is 12.2. The molecule has 106 valence electrons. The lowest BCUT2D eigenvalue weighted by molar-refractivity contribution is 0.411. The minimum Gasteiger partial charge on any atom is -0.496 e. The van der Waals surface area contributed by atoms with Crippen molar-refractivity contribution in [3.05, 3.63) is 58.4 Å². The maximum absolute atomic E-state index is 5.39. The number of nitrogens with zero attached hydrogens (tertiary/aromatic N) is 1. The van der Waals surface area contributed by atoms with E-state index in [-0.39, 0.29) is 6.04 Å². The standard InChI is InChI=1S/C17H22N2O/c1-11-10-16(20-5)12(2)9-15(11)17(18-4)14-7-6-8-19-13(14)3/h6-10,17-18H,1-5H3. The first kappa shape index (κ1) is 14.5. The molecule has 2 rings (SSSR count). The Morgan fingerprint density at radius 3 is 2.45 bits per heavy atom. The average molecular weight is 270 g/mol. The van der Waals surface area contributed by atoms with Gasteiger partial charge in [0.05, 0.1) is 13.2 Å². The van der Waals surface area contributed by atoms with Gasteiger partial charge in [0.1, 0.15) is 5.75 Å². The first-order valence-corrected chi connectivity index (χ1v) is 6.82. The number of benzene rings is 1. The van der Waals surface area contributed by atoms with E-state index in [1.165, 1.54) is 16.7 Å². The molecule has 0 aliphatic carbocycles. The molecule has 1 heterocycles. The van der Waals surface area contributed by atoms with Gasteiger partial charge in [0.2, 0.25) is 0 Å². The van der Waals surface area contributed by atoms with Gasteiger partial charge in [0, 0.05) is 11.9 Å². The van der Waals surface area contributed by atoms with Crippen LogP contribution in [0.15, 0.2) is 30.5 Å². The van der Waals surface area contributed by atoms with Gasteiger partial charge >= 0.3 is 0 Å². The molecule has 0 amide bonds. The zero-order valence-corrected chi connectivity index (χ0v) is 12.8. The quantitative estimate of drug-likeness (QED) is 0.925. The molecule has 0 aliphatic heterocycles. The maximum Gasteiger partial charge on any atom is 0.122 e. The molecule has 1 atom stereocenters. The zero-order valence-electron chi connectivity index (χ0n) is 12.8. The maximum atomic E-state index is 5.39. The van der Waals surface area contributed by atoms with Crippen LogP contribution in [0.25, 0.3) is 0 Å². The molecule has 20 heavy (non-hydrogen) atoms. The average Bonchev–Trinajstić information content (AvgIpc) is 2.45. The summed E-state index contributed by atoms with van der Waals surface area (Å²) in [7, 11) is 3.69. The van der Waals surface area contributed by atoms with Gasteiger partial charge < -0.3 is 10.1 Å². The van der Waals surface area contributed by atoms with Crippen LogP contribution in [0, 0.1) is 20.8 Å². The van der Waals surface area contributed by atoms with E-state index < -0.39 is 0 Å². The van der Waals surface area contributed by atoms with Gasteiger partial charge in [-0.25, -0.2) is 0 Å². The highest BCUT2D eigenvalue weighted by Crippen LogP contribution is 2.30. The van der Waals surface area contributed by atoms with Gasteiger partial charge in [-0.3, -0.25) is 4.98 Å². The van der Waals surface area contributed by atoms with Crippen molar-refractivity contribution in [2.75, 3.05) is 14.2 Å². The first-order valence-electron chi connectivity index (χ1n) is 6.82. The van der Waals surface area contributed by atoms with Crippen LogP contribution in [0.4, 0.5) is 0 Å². The Kier molecular flexibility index (Phi) is 4.40. The lowest BCUT2D eigenvalue weighted by Gasteiger charge is -2.22. The monoisotopic (exact) mass is 270 g/mol. The fourth-order valence-electron chi connectivity index (χ4n) is 2.62. The fraction of sp³-hybridized carbons (Fsp3) is 0.353. The zero-order chi connectivity index (χ0) is 14.7. The molecule has 1 aromatic carbocycles. The molecule has 2 aromatic rings. The summed E-state index contributed by atoms with van der Waals surface area (Å²) < 4.78 is 5.39. The topological polar surface area (TPSA) is 34.1 Å². The van der Waals surface area contributed by atoms with E-state index in [0.717, 1.165) is 17.0 Å². The van der Waals surface area contributed by atoms with Gasteiger partial charge in [-0.05, 0) is 62.2 Å². The second-order valence-corrected chi connectivity index (χ2v) is 5.08. The molecule has 0 spiro atoms. The lowest BCUT2D eigenvalue weighted by Crippen LogP contribution is -2.20. The SMILES string of the molecule is CNC(c1cc(C)c(OC)cc1C)c1cccnc1C. The fourth-order valence-corrected chi connectivity index (χ4v) is 2.62. The third-order valence-corrected chi connectivity index (χ3v) is 3.74. The van der Waals surface area contributed by atoms with Crippen molar-refractivity contribution in [1.29, 1.82) is 0 Å². The van der Waals surface area contributed by atoms with Crippen LogP contribution in [0.2, 0.25) is 0 Å². The Balaban J connectivity index is 2.53. The van der Waals surface area contributed by atoms with E-state index in [1.54, 1.807) is 7.11 Å². The van der Waals surface area contributed by atoms with Crippen LogP contribution >= 0.6 is 0 Å². The smallest absolute Gasteiger partial charge is 0.122 e. The Bertz CT molecular complexity index is 608. The Labute approximate surface area is 121 Å². The number of hydrogen-bond donors (Lipinski definition) is 1. The van der Waals surface area contributed by atoms with Crippen LogP contribution in [-0.2, 0) is 0 Å². The molecule has 0 aliphatic rings. The van der Waals surface area contributed by atoms with Crippen LogP contribution in [0.3, 0.4) is 0 Å². The number of hydrogen-bond acceptors (Lipinski definition) is 3. The summed E-state index contributed by atoms with van der Waals surface area (Å²) >= 11 is 0. The number of rotatable bonds is 4. The van der Waals surface area contributed by atoms with Gasteiger partial charge in [0.15, 0.2) is 0 Å². The summed E-state index contributed by atoms with van der Waals surface area (Å²) in [5.74, 6) is 0.934. The molecule has 0 radical (unpaired) electrons. The van der Waals surface area contributed by atoms with Crippen molar-refractivity contribution in [1.82, 2.24) is 10.3 Å². The van der Waals surface area contributed by atoms with Crippen molar-refractivity contribution in [3.8, 4) is 5.75 Å². The lowest BCUT2D eigenvalue weighted by atomic mass is 9.92. The second kappa shape index (κ2) is 6.06. The van der Waals surface area contributed by atoms with Crippen LogP contribution in [-0.4, -0.2) is 19.1 Å².